The van der Waals surface area contributed by atoms with E-state index in [-0.39, 0.29) is 37.9 Å². The Morgan fingerprint density at radius 3 is 2.63 bits per heavy atom. The highest BCUT2D eigenvalue weighted by atomic mass is 16.7. The fourth-order valence-electron chi connectivity index (χ4n) is 4.30. The third-order valence-corrected chi connectivity index (χ3v) is 6.32. The maximum Gasteiger partial charge on any atom is 0.358 e. The number of carbonyl (C=O) groups is 3. The van der Waals surface area contributed by atoms with Crippen LogP contribution < -0.4 is 20.5 Å². The molecule has 2 heterocycles. The van der Waals surface area contributed by atoms with Crippen molar-refractivity contribution in [1.82, 2.24) is 9.78 Å². The lowest BCUT2D eigenvalue weighted by Crippen LogP contribution is -2.24. The van der Waals surface area contributed by atoms with Crippen molar-refractivity contribution in [3.63, 3.8) is 0 Å². The van der Waals surface area contributed by atoms with Gasteiger partial charge in [-0.3, -0.25) is 14.3 Å². The number of nitrogens with two attached hydrogens (primary N) is 1. The molecule has 2 aromatic rings. The van der Waals surface area contributed by atoms with E-state index in [0.29, 0.717) is 23.3 Å². The highest BCUT2D eigenvalue weighted by Gasteiger charge is 2.21. The number of ketones is 1. The standard InChI is InChI=1S/C17H18N4O6.C13H22O/c1-2-25-17(24)11-6-12(13(22)7-18)21(20-11)8-16(23)19-10-3-4-14-15(5-10)27-9-26-14;1-2-3-4-5-9-12-14-13-10-7-6-8-11-13/h3-6H,2,7-9,18H2,1H3,(H,19,23);2-5,13H,6-12H2,1H3/b;3-2-,5-4-. The van der Waals surface area contributed by atoms with Crippen molar-refractivity contribution >= 4 is 23.3 Å². The number of Topliss-reactive ketones (excluding diaryl/α,β-unsaturated/α-hetero) is 1. The molecule has 1 saturated carbocycles. The Labute approximate surface area is 240 Å². The van der Waals surface area contributed by atoms with Crippen molar-refractivity contribution in [3.8, 4) is 11.5 Å². The van der Waals surface area contributed by atoms with Crippen molar-refractivity contribution in [1.29, 1.82) is 0 Å². The van der Waals surface area contributed by atoms with E-state index in [1.807, 2.05) is 13.0 Å². The van der Waals surface area contributed by atoms with Gasteiger partial charge in [0.05, 0.1) is 25.9 Å². The minimum Gasteiger partial charge on any atom is -0.461 e. The molecule has 4 rings (SSSR count). The zero-order chi connectivity index (χ0) is 29.5. The summed E-state index contributed by atoms with van der Waals surface area (Å²) in [5, 5.41) is 6.67. The Morgan fingerprint density at radius 2 is 1.90 bits per heavy atom. The average molecular weight is 569 g/mol. The number of allylic oxidation sites excluding steroid dienone is 3. The van der Waals surface area contributed by atoms with E-state index in [0.717, 1.165) is 17.7 Å². The predicted octanol–water partition coefficient (Wildman–Crippen LogP) is 4.43. The van der Waals surface area contributed by atoms with Crippen molar-refractivity contribution in [2.45, 2.75) is 65.0 Å². The number of nitrogens with one attached hydrogen (secondary N) is 1. The number of carbonyl (C=O) groups excluding carboxylic acids is 3. The Hall–Kier alpha value is -3.96. The maximum absolute atomic E-state index is 12.3. The largest absolute Gasteiger partial charge is 0.461 e. The summed E-state index contributed by atoms with van der Waals surface area (Å²) >= 11 is 0. The quantitative estimate of drug-likeness (QED) is 0.164. The number of hydrogen-bond donors (Lipinski definition) is 2. The van der Waals surface area contributed by atoms with Crippen LogP contribution in [-0.4, -0.2) is 60.1 Å². The first-order valence-electron chi connectivity index (χ1n) is 14.0. The number of anilines is 1. The number of aromatic nitrogens is 2. The van der Waals surface area contributed by atoms with Crippen LogP contribution in [0.5, 0.6) is 11.5 Å². The Morgan fingerprint density at radius 1 is 1.12 bits per heavy atom. The number of amides is 1. The molecule has 0 atom stereocenters. The van der Waals surface area contributed by atoms with Gasteiger partial charge in [0.2, 0.25) is 12.7 Å². The molecule has 0 unspecified atom stereocenters. The van der Waals surface area contributed by atoms with E-state index in [1.54, 1.807) is 25.1 Å². The molecule has 1 amide bonds. The summed E-state index contributed by atoms with van der Waals surface area (Å²) in [5.74, 6) is -0.462. The average Bonchev–Trinajstić information content (AvgIpc) is 3.62. The Bertz CT molecular complexity index is 1220. The molecule has 222 valence electrons. The van der Waals surface area contributed by atoms with Crippen molar-refractivity contribution < 1.29 is 33.3 Å². The summed E-state index contributed by atoms with van der Waals surface area (Å²) in [7, 11) is 0. The van der Waals surface area contributed by atoms with Gasteiger partial charge >= 0.3 is 5.97 Å². The number of nitrogens with zero attached hydrogens (tertiary/aromatic N) is 2. The van der Waals surface area contributed by atoms with Crippen LogP contribution in [0.1, 0.15) is 73.3 Å². The van der Waals surface area contributed by atoms with Gasteiger partial charge in [0, 0.05) is 17.8 Å². The molecule has 1 aliphatic carbocycles. The summed E-state index contributed by atoms with van der Waals surface area (Å²) in [5.41, 5.74) is 5.88. The van der Waals surface area contributed by atoms with Gasteiger partial charge in [-0.2, -0.15) is 5.10 Å². The molecule has 0 radical (unpaired) electrons. The van der Waals surface area contributed by atoms with Gasteiger partial charge < -0.3 is 30.0 Å². The fourth-order valence-corrected chi connectivity index (χ4v) is 4.30. The summed E-state index contributed by atoms with van der Waals surface area (Å²) in [6.07, 6.45) is 16.6. The molecule has 11 nitrogen and oxygen atoms in total. The molecule has 1 aromatic heterocycles. The number of esters is 1. The molecule has 41 heavy (non-hydrogen) atoms. The van der Waals surface area contributed by atoms with Crippen molar-refractivity contribution in [3.05, 3.63) is 60.0 Å². The van der Waals surface area contributed by atoms with E-state index in [9.17, 15) is 14.4 Å². The van der Waals surface area contributed by atoms with Crippen LogP contribution in [0.25, 0.3) is 0 Å². The SMILES string of the molecule is C/C=C\C=C/CCOC1CCCCC1.CCOC(=O)c1cc(C(=O)CN)n(CC(=O)Nc2ccc3c(c2)OCO3)n1. The third-order valence-electron chi connectivity index (χ3n) is 6.32. The van der Waals surface area contributed by atoms with Crippen LogP contribution in [0, 0.1) is 0 Å². The Kier molecular flexibility index (Phi) is 13.1. The molecule has 0 saturated heterocycles. The second kappa shape index (κ2) is 17.0. The Balaban J connectivity index is 0.000000278. The van der Waals surface area contributed by atoms with Crippen LogP contribution in [-0.2, 0) is 20.8 Å². The fraction of sp³-hybridized carbons (Fsp3) is 0.467. The molecule has 0 bridgehead atoms. The third kappa shape index (κ3) is 10.2. The van der Waals surface area contributed by atoms with Gasteiger partial charge in [0.1, 0.15) is 12.2 Å². The summed E-state index contributed by atoms with van der Waals surface area (Å²) < 4.78 is 22.3. The van der Waals surface area contributed by atoms with Crippen molar-refractivity contribution in [2.24, 2.45) is 5.73 Å². The number of rotatable bonds is 12. The molecule has 1 aromatic carbocycles. The van der Waals surface area contributed by atoms with Gasteiger partial charge in [-0.1, -0.05) is 43.6 Å². The number of benzene rings is 1. The first kappa shape index (κ1) is 31.6. The lowest BCUT2D eigenvalue weighted by molar-refractivity contribution is -0.116. The normalized spacial score (nSPS) is 14.6. The minimum atomic E-state index is -0.682. The van der Waals surface area contributed by atoms with Gasteiger partial charge in [-0.05, 0) is 45.2 Å². The van der Waals surface area contributed by atoms with Crippen LogP contribution in [0.3, 0.4) is 0 Å². The molecule has 11 heteroatoms. The lowest BCUT2D eigenvalue weighted by atomic mass is 9.98. The number of hydrogen-bond acceptors (Lipinski definition) is 9. The van der Waals surface area contributed by atoms with Crippen molar-refractivity contribution in [2.75, 3.05) is 31.9 Å². The molecule has 3 N–H and O–H groups in total. The molecular formula is C30H40N4O7. The summed E-state index contributed by atoms with van der Waals surface area (Å²) in [6, 6.07) is 6.22. The van der Waals surface area contributed by atoms with Crippen LogP contribution >= 0.6 is 0 Å². The van der Waals surface area contributed by atoms with Gasteiger partial charge in [0.15, 0.2) is 23.0 Å². The monoisotopic (exact) mass is 568 g/mol. The number of ether oxygens (including phenoxy) is 4. The lowest BCUT2D eigenvalue weighted by Gasteiger charge is -2.21. The molecule has 2 aliphatic rings. The second-order valence-corrected chi connectivity index (χ2v) is 9.41. The smallest absolute Gasteiger partial charge is 0.358 e. The van der Waals surface area contributed by atoms with E-state index >= 15 is 0 Å². The highest BCUT2D eigenvalue weighted by Crippen LogP contribution is 2.34. The predicted molar refractivity (Wildman–Crippen MR) is 154 cm³/mol. The van der Waals surface area contributed by atoms with E-state index < -0.39 is 17.7 Å². The molecule has 1 fully saturated rings. The zero-order valence-corrected chi connectivity index (χ0v) is 23.8. The second-order valence-electron chi connectivity index (χ2n) is 9.41. The van der Waals surface area contributed by atoms with Crippen LogP contribution in [0.2, 0.25) is 0 Å². The van der Waals surface area contributed by atoms with Gasteiger partial charge in [-0.25, -0.2) is 4.79 Å². The number of fused-ring (bicyclic) bond motifs is 1. The van der Waals surface area contributed by atoms with E-state index in [4.69, 9.17) is 24.7 Å². The van der Waals surface area contributed by atoms with E-state index in [1.165, 1.54) is 38.2 Å². The van der Waals surface area contributed by atoms with E-state index in [2.05, 4.69) is 28.6 Å². The highest BCUT2D eigenvalue weighted by molar-refractivity contribution is 5.99. The molecule has 1 aliphatic heterocycles. The maximum atomic E-state index is 12.3. The summed E-state index contributed by atoms with van der Waals surface area (Å²) in [4.78, 5) is 36.2. The zero-order valence-electron chi connectivity index (χ0n) is 23.8. The first-order chi connectivity index (χ1) is 19.9. The molecular weight excluding hydrogens is 528 g/mol. The minimum absolute atomic E-state index is 0.0568. The topological polar surface area (TPSA) is 144 Å². The first-order valence-corrected chi connectivity index (χ1v) is 14.0. The molecule has 0 spiro atoms. The van der Waals surface area contributed by atoms with Crippen LogP contribution in [0.15, 0.2) is 48.6 Å². The van der Waals surface area contributed by atoms with Gasteiger partial charge in [0.25, 0.3) is 0 Å². The van der Waals surface area contributed by atoms with Gasteiger partial charge in [-0.15, -0.1) is 0 Å². The summed E-state index contributed by atoms with van der Waals surface area (Å²) in [6.45, 7) is 4.30. The van der Waals surface area contributed by atoms with Crippen LogP contribution in [0.4, 0.5) is 5.69 Å².